The molecule has 3 aliphatic rings. The SMILES string of the molecule is C=C1C=C2CCCC3(OCCO3)C2(C)CC1. The van der Waals surface area contributed by atoms with Crippen molar-refractivity contribution >= 4 is 0 Å². The molecule has 1 unspecified atom stereocenters. The smallest absolute Gasteiger partial charge is 0.177 e. The van der Waals surface area contributed by atoms with Gasteiger partial charge < -0.3 is 9.47 Å². The lowest BCUT2D eigenvalue weighted by molar-refractivity contribution is -0.236. The van der Waals surface area contributed by atoms with E-state index < -0.39 is 0 Å². The molecule has 3 rings (SSSR count). The molecule has 0 radical (unpaired) electrons. The van der Waals surface area contributed by atoms with Gasteiger partial charge in [-0.2, -0.15) is 0 Å². The van der Waals surface area contributed by atoms with Gasteiger partial charge in [-0.1, -0.05) is 30.7 Å². The Morgan fingerprint density at radius 2 is 1.94 bits per heavy atom. The van der Waals surface area contributed by atoms with Crippen LogP contribution in [0.3, 0.4) is 0 Å². The van der Waals surface area contributed by atoms with Gasteiger partial charge in [-0.25, -0.2) is 0 Å². The minimum Gasteiger partial charge on any atom is -0.347 e. The van der Waals surface area contributed by atoms with Crippen molar-refractivity contribution in [3.05, 3.63) is 23.8 Å². The summed E-state index contributed by atoms with van der Waals surface area (Å²) in [5.74, 6) is -0.322. The van der Waals surface area contributed by atoms with Crippen molar-refractivity contribution in [3.8, 4) is 0 Å². The average molecular weight is 220 g/mol. The van der Waals surface area contributed by atoms with Gasteiger partial charge in [-0.3, -0.25) is 0 Å². The van der Waals surface area contributed by atoms with Crippen LogP contribution < -0.4 is 0 Å². The highest BCUT2D eigenvalue weighted by Crippen LogP contribution is 2.56. The molecule has 0 amide bonds. The van der Waals surface area contributed by atoms with Crippen LogP contribution in [-0.2, 0) is 9.47 Å². The second kappa shape index (κ2) is 3.44. The molecule has 0 aromatic carbocycles. The first-order valence-electron chi connectivity index (χ1n) is 6.33. The van der Waals surface area contributed by atoms with E-state index in [1.54, 1.807) is 0 Å². The summed E-state index contributed by atoms with van der Waals surface area (Å²) in [5, 5.41) is 0. The number of allylic oxidation sites excluding steroid dienone is 2. The quantitative estimate of drug-likeness (QED) is 0.624. The van der Waals surface area contributed by atoms with E-state index in [0.29, 0.717) is 0 Å². The molecule has 16 heavy (non-hydrogen) atoms. The van der Waals surface area contributed by atoms with Gasteiger partial charge in [0.2, 0.25) is 0 Å². The molecule has 0 aromatic rings. The van der Waals surface area contributed by atoms with Crippen LogP contribution in [0.15, 0.2) is 23.8 Å². The van der Waals surface area contributed by atoms with E-state index in [2.05, 4.69) is 19.6 Å². The fourth-order valence-corrected chi connectivity index (χ4v) is 3.54. The number of ether oxygens (including phenoxy) is 2. The lowest BCUT2D eigenvalue weighted by Gasteiger charge is -2.51. The summed E-state index contributed by atoms with van der Waals surface area (Å²) >= 11 is 0. The van der Waals surface area contributed by atoms with Crippen molar-refractivity contribution in [2.45, 2.75) is 44.8 Å². The predicted octanol–water partition coefficient (Wildman–Crippen LogP) is 3.20. The fraction of sp³-hybridized carbons (Fsp3) is 0.714. The molecule has 2 nitrogen and oxygen atoms in total. The van der Waals surface area contributed by atoms with E-state index >= 15 is 0 Å². The number of fused-ring (bicyclic) bond motifs is 2. The topological polar surface area (TPSA) is 18.5 Å². The van der Waals surface area contributed by atoms with Crippen LogP contribution in [0.25, 0.3) is 0 Å². The maximum Gasteiger partial charge on any atom is 0.177 e. The van der Waals surface area contributed by atoms with Crippen molar-refractivity contribution in [1.82, 2.24) is 0 Å². The zero-order chi connectivity index (χ0) is 11.2. The molecule has 2 fully saturated rings. The summed E-state index contributed by atoms with van der Waals surface area (Å²) in [6, 6.07) is 0. The van der Waals surface area contributed by atoms with Gasteiger partial charge in [0.1, 0.15) is 0 Å². The van der Waals surface area contributed by atoms with E-state index in [1.165, 1.54) is 24.0 Å². The molecular weight excluding hydrogens is 200 g/mol. The summed E-state index contributed by atoms with van der Waals surface area (Å²) < 4.78 is 12.0. The van der Waals surface area contributed by atoms with Gasteiger partial charge in [-0.05, 0) is 25.7 Å². The molecule has 1 aliphatic heterocycles. The molecule has 2 aliphatic carbocycles. The van der Waals surface area contributed by atoms with Gasteiger partial charge in [-0.15, -0.1) is 0 Å². The predicted molar refractivity (Wildman–Crippen MR) is 63.1 cm³/mol. The first kappa shape index (κ1) is 10.5. The molecule has 0 N–H and O–H groups in total. The van der Waals surface area contributed by atoms with E-state index in [0.717, 1.165) is 32.5 Å². The molecule has 0 bridgehead atoms. The normalized spacial score (nSPS) is 37.3. The fourth-order valence-electron chi connectivity index (χ4n) is 3.54. The van der Waals surface area contributed by atoms with Crippen LogP contribution in [0.4, 0.5) is 0 Å². The maximum atomic E-state index is 6.00. The van der Waals surface area contributed by atoms with Crippen molar-refractivity contribution in [1.29, 1.82) is 0 Å². The Morgan fingerprint density at radius 1 is 1.19 bits per heavy atom. The Hall–Kier alpha value is -0.600. The second-order valence-corrected chi connectivity index (χ2v) is 5.46. The molecule has 1 atom stereocenters. The average Bonchev–Trinajstić information content (AvgIpc) is 2.72. The third-order valence-corrected chi connectivity index (χ3v) is 4.58. The molecule has 1 saturated heterocycles. The molecule has 88 valence electrons. The Kier molecular flexibility index (Phi) is 2.27. The summed E-state index contributed by atoms with van der Waals surface area (Å²) in [7, 11) is 0. The van der Waals surface area contributed by atoms with E-state index in [-0.39, 0.29) is 11.2 Å². The van der Waals surface area contributed by atoms with Gasteiger partial charge in [0, 0.05) is 11.8 Å². The van der Waals surface area contributed by atoms with Crippen LogP contribution >= 0.6 is 0 Å². The molecule has 1 saturated carbocycles. The standard InChI is InChI=1S/C14H20O2/c1-11-5-7-13(2)12(10-11)4-3-6-14(13)15-8-9-16-14/h10H,1,3-9H2,2H3. The molecular formula is C14H20O2. The zero-order valence-electron chi connectivity index (χ0n) is 10.1. The summed E-state index contributed by atoms with van der Waals surface area (Å²) in [6.45, 7) is 7.92. The lowest BCUT2D eigenvalue weighted by atomic mass is 9.61. The lowest BCUT2D eigenvalue weighted by Crippen LogP contribution is -2.52. The first-order chi connectivity index (χ1) is 7.66. The van der Waals surface area contributed by atoms with E-state index in [1.807, 2.05) is 0 Å². The van der Waals surface area contributed by atoms with Crippen LogP contribution in [-0.4, -0.2) is 19.0 Å². The number of rotatable bonds is 0. The minimum atomic E-state index is -0.322. The van der Waals surface area contributed by atoms with E-state index in [4.69, 9.17) is 9.47 Å². The molecule has 1 spiro atoms. The zero-order valence-corrected chi connectivity index (χ0v) is 10.1. The van der Waals surface area contributed by atoms with E-state index in [9.17, 15) is 0 Å². The van der Waals surface area contributed by atoms with Crippen molar-refractivity contribution in [2.24, 2.45) is 5.41 Å². The van der Waals surface area contributed by atoms with Gasteiger partial charge in [0.25, 0.3) is 0 Å². The highest BCUT2D eigenvalue weighted by molar-refractivity contribution is 5.34. The largest absolute Gasteiger partial charge is 0.347 e. The third-order valence-electron chi connectivity index (χ3n) is 4.58. The Balaban J connectivity index is 2.03. The highest BCUT2D eigenvalue weighted by atomic mass is 16.7. The highest BCUT2D eigenvalue weighted by Gasteiger charge is 2.56. The third kappa shape index (κ3) is 1.26. The second-order valence-electron chi connectivity index (χ2n) is 5.46. The Labute approximate surface area is 97.3 Å². The van der Waals surface area contributed by atoms with Crippen LogP contribution in [0.5, 0.6) is 0 Å². The van der Waals surface area contributed by atoms with Crippen molar-refractivity contribution in [2.75, 3.05) is 13.2 Å². The Morgan fingerprint density at radius 3 is 2.69 bits per heavy atom. The Bertz CT molecular complexity index is 350. The number of hydrogen-bond acceptors (Lipinski definition) is 2. The maximum absolute atomic E-state index is 6.00. The monoisotopic (exact) mass is 220 g/mol. The first-order valence-corrected chi connectivity index (χ1v) is 6.33. The summed E-state index contributed by atoms with van der Waals surface area (Å²) in [6.07, 6.45) is 7.90. The number of hydrogen-bond donors (Lipinski definition) is 0. The van der Waals surface area contributed by atoms with Crippen LogP contribution in [0.2, 0.25) is 0 Å². The van der Waals surface area contributed by atoms with Crippen molar-refractivity contribution < 1.29 is 9.47 Å². The molecule has 0 aromatic heterocycles. The summed E-state index contributed by atoms with van der Waals surface area (Å²) in [4.78, 5) is 0. The molecule has 1 heterocycles. The van der Waals surface area contributed by atoms with Crippen molar-refractivity contribution in [3.63, 3.8) is 0 Å². The minimum absolute atomic E-state index is 0.0863. The van der Waals surface area contributed by atoms with Gasteiger partial charge >= 0.3 is 0 Å². The van der Waals surface area contributed by atoms with Gasteiger partial charge in [0.15, 0.2) is 5.79 Å². The van der Waals surface area contributed by atoms with Crippen LogP contribution in [0.1, 0.15) is 39.0 Å². The van der Waals surface area contributed by atoms with Crippen LogP contribution in [0, 0.1) is 5.41 Å². The summed E-state index contributed by atoms with van der Waals surface area (Å²) in [5.41, 5.74) is 2.85. The molecule has 2 heteroatoms. The van der Waals surface area contributed by atoms with Gasteiger partial charge in [0.05, 0.1) is 13.2 Å².